The van der Waals surface area contributed by atoms with Crippen molar-refractivity contribution in [1.29, 1.82) is 0 Å². The SMILES string of the molecule is CCNC(c1ccc2c(c1)COC2)c1cccc(F)c1Br. The molecule has 21 heavy (non-hydrogen) atoms. The highest BCUT2D eigenvalue weighted by Crippen LogP contribution is 2.32. The van der Waals surface area contributed by atoms with E-state index in [2.05, 4.69) is 46.4 Å². The van der Waals surface area contributed by atoms with Gasteiger partial charge in [-0.05, 0) is 50.8 Å². The van der Waals surface area contributed by atoms with Crippen LogP contribution in [0.25, 0.3) is 0 Å². The molecule has 0 amide bonds. The van der Waals surface area contributed by atoms with Gasteiger partial charge in [-0.25, -0.2) is 4.39 Å². The van der Waals surface area contributed by atoms with Crippen LogP contribution in [0.15, 0.2) is 40.9 Å². The summed E-state index contributed by atoms with van der Waals surface area (Å²) >= 11 is 3.37. The van der Waals surface area contributed by atoms with Gasteiger partial charge in [-0.2, -0.15) is 0 Å². The highest BCUT2D eigenvalue weighted by atomic mass is 79.9. The van der Waals surface area contributed by atoms with Gasteiger partial charge in [0.25, 0.3) is 0 Å². The van der Waals surface area contributed by atoms with Crippen LogP contribution in [0.1, 0.15) is 35.2 Å². The van der Waals surface area contributed by atoms with E-state index in [0.29, 0.717) is 17.7 Å². The number of halogens is 2. The van der Waals surface area contributed by atoms with E-state index in [1.165, 1.54) is 17.2 Å². The molecule has 3 rings (SSSR count). The maximum atomic E-state index is 13.8. The molecule has 1 N–H and O–H groups in total. The third-order valence-corrected chi connectivity index (χ3v) is 4.62. The third-order valence-electron chi connectivity index (χ3n) is 3.78. The Hall–Kier alpha value is -1.23. The Bertz CT molecular complexity index is 659. The normalized spacial score (nSPS) is 15.0. The highest BCUT2D eigenvalue weighted by Gasteiger charge is 2.20. The van der Waals surface area contributed by atoms with Crippen LogP contribution in [0.2, 0.25) is 0 Å². The van der Waals surface area contributed by atoms with Crippen molar-refractivity contribution in [1.82, 2.24) is 5.32 Å². The largest absolute Gasteiger partial charge is 0.372 e. The minimum absolute atomic E-state index is 0.0361. The van der Waals surface area contributed by atoms with E-state index in [0.717, 1.165) is 17.7 Å². The lowest BCUT2D eigenvalue weighted by molar-refractivity contribution is 0.134. The number of fused-ring (bicyclic) bond motifs is 1. The monoisotopic (exact) mass is 349 g/mol. The molecule has 0 radical (unpaired) electrons. The molecule has 2 aromatic carbocycles. The van der Waals surface area contributed by atoms with Crippen LogP contribution in [-0.4, -0.2) is 6.54 Å². The lowest BCUT2D eigenvalue weighted by atomic mass is 9.95. The topological polar surface area (TPSA) is 21.3 Å². The molecule has 1 aliphatic heterocycles. The molecule has 1 atom stereocenters. The van der Waals surface area contributed by atoms with Gasteiger partial charge in [0.05, 0.1) is 23.7 Å². The molecule has 0 aromatic heterocycles. The minimum Gasteiger partial charge on any atom is -0.372 e. The van der Waals surface area contributed by atoms with E-state index >= 15 is 0 Å². The summed E-state index contributed by atoms with van der Waals surface area (Å²) in [6.07, 6.45) is 0. The van der Waals surface area contributed by atoms with Crippen LogP contribution >= 0.6 is 15.9 Å². The van der Waals surface area contributed by atoms with Crippen LogP contribution in [0.4, 0.5) is 4.39 Å². The zero-order valence-corrected chi connectivity index (χ0v) is 13.4. The summed E-state index contributed by atoms with van der Waals surface area (Å²) in [7, 11) is 0. The van der Waals surface area contributed by atoms with Crippen LogP contribution in [0, 0.1) is 5.82 Å². The predicted octanol–water partition coefficient (Wildman–Crippen LogP) is 4.32. The number of nitrogens with one attached hydrogen (secondary N) is 1. The maximum absolute atomic E-state index is 13.8. The molecule has 2 aromatic rings. The molecule has 0 aliphatic carbocycles. The van der Waals surface area contributed by atoms with E-state index in [1.807, 2.05) is 6.07 Å². The fourth-order valence-corrected chi connectivity index (χ4v) is 3.22. The first-order valence-corrected chi connectivity index (χ1v) is 7.86. The van der Waals surface area contributed by atoms with Crippen molar-refractivity contribution >= 4 is 15.9 Å². The second-order valence-corrected chi connectivity index (χ2v) is 5.95. The number of benzene rings is 2. The fraction of sp³-hybridized carbons (Fsp3) is 0.294. The van der Waals surface area contributed by atoms with Gasteiger partial charge in [-0.1, -0.05) is 37.3 Å². The summed E-state index contributed by atoms with van der Waals surface area (Å²) in [6.45, 7) is 4.20. The summed E-state index contributed by atoms with van der Waals surface area (Å²) < 4.78 is 19.8. The molecule has 0 bridgehead atoms. The first-order valence-electron chi connectivity index (χ1n) is 7.07. The molecular formula is C17H17BrFNO. The number of rotatable bonds is 4. The minimum atomic E-state index is -0.236. The standard InChI is InChI=1S/C17H17BrFNO/c1-2-20-17(14-4-3-5-15(19)16(14)18)11-6-7-12-9-21-10-13(12)8-11/h3-8,17,20H,2,9-10H2,1H3. The molecule has 0 saturated carbocycles. The van der Waals surface area contributed by atoms with Gasteiger partial charge in [0.15, 0.2) is 0 Å². The van der Waals surface area contributed by atoms with Crippen molar-refractivity contribution in [2.75, 3.05) is 6.54 Å². The molecule has 4 heteroatoms. The Balaban J connectivity index is 2.03. The fourth-order valence-electron chi connectivity index (χ4n) is 2.73. The molecule has 1 aliphatic rings. The van der Waals surface area contributed by atoms with E-state index < -0.39 is 0 Å². The maximum Gasteiger partial charge on any atom is 0.137 e. The summed E-state index contributed by atoms with van der Waals surface area (Å²) in [6, 6.07) is 11.5. The molecule has 0 saturated heterocycles. The number of hydrogen-bond acceptors (Lipinski definition) is 2. The van der Waals surface area contributed by atoms with Crippen molar-refractivity contribution in [3.63, 3.8) is 0 Å². The van der Waals surface area contributed by atoms with Gasteiger partial charge in [0.2, 0.25) is 0 Å². The Morgan fingerprint density at radius 2 is 2.05 bits per heavy atom. The van der Waals surface area contributed by atoms with Gasteiger partial charge in [0.1, 0.15) is 5.82 Å². The molecule has 1 unspecified atom stereocenters. The lowest BCUT2D eigenvalue weighted by Gasteiger charge is -2.21. The zero-order valence-electron chi connectivity index (χ0n) is 11.8. The molecule has 2 nitrogen and oxygen atoms in total. The Morgan fingerprint density at radius 3 is 2.86 bits per heavy atom. The van der Waals surface area contributed by atoms with Crippen molar-refractivity contribution < 1.29 is 9.13 Å². The van der Waals surface area contributed by atoms with Crippen molar-refractivity contribution in [2.24, 2.45) is 0 Å². The van der Waals surface area contributed by atoms with Crippen molar-refractivity contribution in [2.45, 2.75) is 26.2 Å². The van der Waals surface area contributed by atoms with E-state index in [4.69, 9.17) is 4.74 Å². The summed E-state index contributed by atoms with van der Waals surface area (Å²) in [5.74, 6) is -0.236. The molecule has 0 spiro atoms. The third kappa shape index (κ3) is 2.89. The molecule has 110 valence electrons. The highest BCUT2D eigenvalue weighted by molar-refractivity contribution is 9.10. The average molecular weight is 350 g/mol. The first-order chi connectivity index (χ1) is 10.2. The summed E-state index contributed by atoms with van der Waals surface area (Å²) in [5.41, 5.74) is 4.51. The van der Waals surface area contributed by atoms with Gasteiger partial charge in [-0.3, -0.25) is 0 Å². The Morgan fingerprint density at radius 1 is 1.24 bits per heavy atom. The number of hydrogen-bond donors (Lipinski definition) is 1. The molecular weight excluding hydrogens is 333 g/mol. The predicted molar refractivity (Wildman–Crippen MR) is 84.6 cm³/mol. The van der Waals surface area contributed by atoms with E-state index in [-0.39, 0.29) is 11.9 Å². The zero-order chi connectivity index (χ0) is 14.8. The number of ether oxygens (including phenoxy) is 1. The van der Waals surface area contributed by atoms with Crippen molar-refractivity contribution in [3.05, 3.63) is 68.9 Å². The second kappa shape index (κ2) is 6.26. The molecule has 0 fully saturated rings. The van der Waals surface area contributed by atoms with E-state index in [1.54, 1.807) is 6.07 Å². The van der Waals surface area contributed by atoms with Gasteiger partial charge in [0, 0.05) is 0 Å². The molecule has 1 heterocycles. The first kappa shape index (κ1) is 14.7. The van der Waals surface area contributed by atoms with Crippen LogP contribution in [0.3, 0.4) is 0 Å². The van der Waals surface area contributed by atoms with Crippen LogP contribution in [0.5, 0.6) is 0 Å². The summed E-state index contributed by atoms with van der Waals surface area (Å²) in [4.78, 5) is 0. The van der Waals surface area contributed by atoms with Crippen LogP contribution < -0.4 is 5.32 Å². The van der Waals surface area contributed by atoms with Gasteiger partial charge >= 0.3 is 0 Å². The average Bonchev–Trinajstić information content (AvgIpc) is 2.95. The van der Waals surface area contributed by atoms with E-state index in [9.17, 15) is 4.39 Å². The Kier molecular flexibility index (Phi) is 4.38. The van der Waals surface area contributed by atoms with Crippen LogP contribution in [-0.2, 0) is 18.0 Å². The summed E-state index contributed by atoms with van der Waals surface area (Å²) in [5, 5.41) is 3.44. The quantitative estimate of drug-likeness (QED) is 0.887. The van der Waals surface area contributed by atoms with Crippen molar-refractivity contribution in [3.8, 4) is 0 Å². The Labute approximate surface area is 132 Å². The smallest absolute Gasteiger partial charge is 0.137 e. The van der Waals surface area contributed by atoms with Gasteiger partial charge < -0.3 is 10.1 Å². The lowest BCUT2D eigenvalue weighted by Crippen LogP contribution is -2.22. The van der Waals surface area contributed by atoms with Gasteiger partial charge in [-0.15, -0.1) is 0 Å². The second-order valence-electron chi connectivity index (χ2n) is 5.15.